The lowest BCUT2D eigenvalue weighted by atomic mass is 9.92. The molecule has 17 heavy (non-hydrogen) atoms. The zero-order valence-corrected chi connectivity index (χ0v) is 12.8. The second kappa shape index (κ2) is 5.08. The molecule has 0 atom stereocenters. The molecule has 0 spiro atoms. The van der Waals surface area contributed by atoms with Crippen LogP contribution in [0.25, 0.3) is 0 Å². The van der Waals surface area contributed by atoms with Gasteiger partial charge in [-0.3, -0.25) is 4.79 Å². The quantitative estimate of drug-likeness (QED) is 0.625. The summed E-state index contributed by atoms with van der Waals surface area (Å²) in [4.78, 5) is 21.2. The first-order valence-corrected chi connectivity index (χ1v) is 9.27. The van der Waals surface area contributed by atoms with Crippen LogP contribution in [0.3, 0.4) is 0 Å². The minimum Gasteiger partial charge on any atom is -0.432 e. The number of hydrogen-bond acceptors (Lipinski definition) is 2. The zero-order valence-electron chi connectivity index (χ0n) is 11.0. The van der Waals surface area contributed by atoms with Crippen molar-refractivity contribution in [3.63, 3.8) is 0 Å². The number of hydrogen-bond donors (Lipinski definition) is 1. The summed E-state index contributed by atoms with van der Waals surface area (Å²) >= 11 is 5.44. The Kier molecular flexibility index (Phi) is 4.39. The number of allylic oxidation sites excluding steroid dienone is 4. The molecule has 0 amide bonds. The number of carbonyl (C=O) groups excluding carboxylic acids is 1. The van der Waals surface area contributed by atoms with E-state index in [2.05, 4.69) is 13.8 Å². The topological polar surface area (TPSA) is 37.3 Å². The van der Waals surface area contributed by atoms with Crippen LogP contribution in [0.4, 0.5) is 0 Å². The predicted octanol–water partition coefficient (Wildman–Crippen LogP) is 3.77. The van der Waals surface area contributed by atoms with Gasteiger partial charge in [0.15, 0.2) is 8.32 Å². The van der Waals surface area contributed by atoms with Crippen molar-refractivity contribution in [2.45, 2.75) is 51.2 Å². The molecule has 0 aliphatic heterocycles. The van der Waals surface area contributed by atoms with E-state index in [1.807, 2.05) is 25.2 Å². The van der Waals surface area contributed by atoms with E-state index >= 15 is 0 Å². The monoisotopic (exact) mass is 272 g/mol. The first kappa shape index (κ1) is 14.7. The van der Waals surface area contributed by atoms with E-state index in [-0.39, 0.29) is 10.3 Å². The van der Waals surface area contributed by atoms with Crippen molar-refractivity contribution in [1.82, 2.24) is 0 Å². The van der Waals surface area contributed by atoms with Crippen LogP contribution in [0.5, 0.6) is 0 Å². The molecule has 1 N–H and O–H groups in total. The van der Waals surface area contributed by atoms with Crippen LogP contribution in [-0.4, -0.2) is 18.4 Å². The fourth-order valence-electron chi connectivity index (χ4n) is 1.78. The molecular formula is C13H21ClO2Si. The number of halogens is 1. The van der Waals surface area contributed by atoms with Crippen molar-refractivity contribution in [3.8, 4) is 0 Å². The van der Waals surface area contributed by atoms with Gasteiger partial charge in [-0.1, -0.05) is 31.6 Å². The Morgan fingerprint density at radius 1 is 1.41 bits per heavy atom. The van der Waals surface area contributed by atoms with Gasteiger partial charge in [0.25, 0.3) is 0 Å². The molecule has 0 aromatic carbocycles. The van der Waals surface area contributed by atoms with Crippen LogP contribution in [-0.2, 0) is 4.79 Å². The number of rotatable bonds is 4. The highest BCUT2D eigenvalue weighted by molar-refractivity contribution is 6.72. The molecule has 0 radical (unpaired) electrons. The highest BCUT2D eigenvalue weighted by Crippen LogP contribution is 2.43. The highest BCUT2D eigenvalue weighted by Gasteiger charge is 2.38. The van der Waals surface area contributed by atoms with Crippen LogP contribution in [0.15, 0.2) is 23.3 Å². The average molecular weight is 273 g/mol. The molecule has 96 valence electrons. The molecule has 2 nitrogen and oxygen atoms in total. The van der Waals surface area contributed by atoms with Gasteiger partial charge in [-0.05, 0) is 49.0 Å². The Balaban J connectivity index is 2.76. The maximum absolute atomic E-state index is 11.0. The third kappa shape index (κ3) is 3.80. The Hall–Kier alpha value is -0.383. The molecule has 4 heteroatoms. The summed E-state index contributed by atoms with van der Waals surface area (Å²) in [5.41, 5.74) is 1.99. The maximum atomic E-state index is 11.0. The lowest BCUT2D eigenvalue weighted by Gasteiger charge is -2.36. The summed E-state index contributed by atoms with van der Waals surface area (Å²) in [6.07, 6.45) is 6.29. The molecule has 0 aromatic heterocycles. The number of carbonyl (C=O) groups is 1. The van der Waals surface area contributed by atoms with E-state index in [1.54, 1.807) is 0 Å². The molecule has 0 aromatic rings. The first-order valence-electron chi connectivity index (χ1n) is 5.94. The first-order chi connectivity index (χ1) is 7.63. The third-order valence-corrected chi connectivity index (χ3v) is 7.55. The minimum absolute atomic E-state index is 0.0465. The smallest absolute Gasteiger partial charge is 0.248 e. The largest absolute Gasteiger partial charge is 0.432 e. The van der Waals surface area contributed by atoms with Gasteiger partial charge in [0.2, 0.25) is 5.24 Å². The highest BCUT2D eigenvalue weighted by atomic mass is 35.5. The van der Waals surface area contributed by atoms with Crippen molar-refractivity contribution in [1.29, 1.82) is 0 Å². The normalized spacial score (nSPS) is 17.5. The van der Waals surface area contributed by atoms with Crippen molar-refractivity contribution < 1.29 is 9.59 Å². The zero-order chi connectivity index (χ0) is 13.3. The van der Waals surface area contributed by atoms with Gasteiger partial charge >= 0.3 is 0 Å². The molecular weight excluding hydrogens is 252 g/mol. The summed E-state index contributed by atoms with van der Waals surface area (Å²) in [6, 6.07) is 0. The lowest BCUT2D eigenvalue weighted by molar-refractivity contribution is -0.108. The maximum Gasteiger partial charge on any atom is 0.248 e. The molecule has 0 bridgehead atoms. The summed E-state index contributed by atoms with van der Waals surface area (Å²) in [7, 11) is -2.16. The van der Waals surface area contributed by atoms with Crippen molar-refractivity contribution in [3.05, 3.63) is 23.3 Å². The fourth-order valence-corrected chi connectivity index (χ4v) is 2.59. The van der Waals surface area contributed by atoms with Crippen LogP contribution >= 0.6 is 11.6 Å². The second-order valence-corrected chi connectivity index (χ2v) is 10.7. The summed E-state index contributed by atoms with van der Waals surface area (Å²) < 4.78 is 0. The van der Waals surface area contributed by atoms with E-state index in [1.165, 1.54) is 5.57 Å². The molecule has 0 unspecified atom stereocenters. The van der Waals surface area contributed by atoms with Crippen LogP contribution in [0.2, 0.25) is 18.1 Å². The van der Waals surface area contributed by atoms with Crippen molar-refractivity contribution in [2.24, 2.45) is 0 Å². The van der Waals surface area contributed by atoms with Crippen molar-refractivity contribution >= 4 is 25.2 Å². The molecule has 1 aliphatic carbocycles. The van der Waals surface area contributed by atoms with E-state index in [9.17, 15) is 9.59 Å². The Morgan fingerprint density at radius 2 is 2.00 bits per heavy atom. The fraction of sp³-hybridized carbons (Fsp3) is 0.615. The SMILES string of the molecule is CC(C)(CC1=CC=C(C(=O)Cl)CC1)[Si](C)(C)O. The summed E-state index contributed by atoms with van der Waals surface area (Å²) in [5, 5.41) is -0.397. The molecule has 0 saturated carbocycles. The Labute approximate surface area is 109 Å². The molecule has 0 saturated heterocycles. The second-order valence-electron chi connectivity index (χ2n) is 5.91. The van der Waals surface area contributed by atoms with Gasteiger partial charge in [0.1, 0.15) is 0 Å². The predicted molar refractivity (Wildman–Crippen MR) is 74.6 cm³/mol. The minimum atomic E-state index is -2.16. The molecule has 1 aliphatic rings. The van der Waals surface area contributed by atoms with E-state index in [0.717, 1.165) is 19.3 Å². The lowest BCUT2D eigenvalue weighted by Crippen LogP contribution is -2.39. The van der Waals surface area contributed by atoms with Gasteiger partial charge in [0.05, 0.1) is 0 Å². The average Bonchev–Trinajstić information content (AvgIpc) is 2.16. The van der Waals surface area contributed by atoms with E-state index < -0.39 is 8.32 Å². The van der Waals surface area contributed by atoms with Gasteiger partial charge in [-0.2, -0.15) is 0 Å². The van der Waals surface area contributed by atoms with Crippen LogP contribution < -0.4 is 0 Å². The van der Waals surface area contributed by atoms with E-state index in [4.69, 9.17) is 11.6 Å². The van der Waals surface area contributed by atoms with Gasteiger partial charge in [-0.15, -0.1) is 0 Å². The van der Waals surface area contributed by atoms with Crippen LogP contribution in [0.1, 0.15) is 33.1 Å². The standard InChI is InChI=1S/C13H21ClO2Si/c1-13(2,17(3,4)16)9-10-5-7-11(8-6-10)12(14)15/h5,7,16H,6,8-9H2,1-4H3. The van der Waals surface area contributed by atoms with Crippen LogP contribution in [0, 0.1) is 0 Å². The molecule has 1 rings (SSSR count). The Bertz CT molecular complexity index is 375. The summed E-state index contributed by atoms with van der Waals surface area (Å²) in [6.45, 7) is 8.18. The van der Waals surface area contributed by atoms with Crippen molar-refractivity contribution in [2.75, 3.05) is 0 Å². The van der Waals surface area contributed by atoms with E-state index in [0.29, 0.717) is 5.57 Å². The van der Waals surface area contributed by atoms with Gasteiger partial charge in [0, 0.05) is 5.57 Å². The Morgan fingerprint density at radius 3 is 2.35 bits per heavy atom. The van der Waals surface area contributed by atoms with Gasteiger partial charge < -0.3 is 4.80 Å². The molecule has 0 fully saturated rings. The third-order valence-electron chi connectivity index (χ3n) is 3.81. The van der Waals surface area contributed by atoms with Gasteiger partial charge in [-0.25, -0.2) is 0 Å². The summed E-state index contributed by atoms with van der Waals surface area (Å²) in [5.74, 6) is 0. The molecule has 0 heterocycles.